The van der Waals surface area contributed by atoms with Crippen LogP contribution >= 0.6 is 0 Å². The number of nitrogens with zero attached hydrogens (tertiary/aromatic N) is 2. The van der Waals surface area contributed by atoms with Crippen LogP contribution < -0.4 is 10.1 Å². The Morgan fingerprint density at radius 1 is 1.43 bits per heavy atom. The first-order valence-corrected chi connectivity index (χ1v) is 7.24. The van der Waals surface area contributed by atoms with Gasteiger partial charge in [0.25, 0.3) is 0 Å². The van der Waals surface area contributed by atoms with E-state index in [-0.39, 0.29) is 11.9 Å². The lowest BCUT2D eigenvalue weighted by atomic mass is 9.99. The van der Waals surface area contributed by atoms with E-state index in [1.54, 1.807) is 17.0 Å². The number of fused-ring (bicyclic) bond motifs is 1. The maximum atomic E-state index is 11.9. The van der Waals surface area contributed by atoms with E-state index in [4.69, 9.17) is 9.47 Å². The molecule has 120 valence electrons. The first-order valence-electron chi connectivity index (χ1n) is 7.24. The van der Waals surface area contributed by atoms with Crippen molar-refractivity contribution in [2.75, 3.05) is 19.0 Å². The number of imidazole rings is 1. The number of rotatable bonds is 3. The van der Waals surface area contributed by atoms with Gasteiger partial charge in [-0.3, -0.25) is 4.79 Å². The van der Waals surface area contributed by atoms with Gasteiger partial charge in [0.2, 0.25) is 5.91 Å². The molecule has 1 aliphatic heterocycles. The number of carbonyl (C=O) groups excluding carboxylic acids is 2. The zero-order valence-electron chi connectivity index (χ0n) is 12.9. The molecule has 0 aliphatic carbocycles. The first kappa shape index (κ1) is 15.1. The minimum Gasteiger partial charge on any atom is -0.493 e. The average Bonchev–Trinajstić information content (AvgIpc) is 3.02. The summed E-state index contributed by atoms with van der Waals surface area (Å²) in [6, 6.07) is 5.37. The van der Waals surface area contributed by atoms with Crippen molar-refractivity contribution in [1.29, 1.82) is 0 Å². The number of carbonyl (C=O) groups is 2. The molecule has 0 radical (unpaired) electrons. The number of esters is 1. The SMILES string of the molecule is COC(=O)c1cncn1C1CCOc2ccc(NC(C)=O)cc21. The largest absolute Gasteiger partial charge is 0.493 e. The first-order chi connectivity index (χ1) is 11.1. The number of ether oxygens (including phenoxy) is 2. The van der Waals surface area contributed by atoms with E-state index in [1.165, 1.54) is 20.2 Å². The predicted octanol–water partition coefficient (Wildman–Crippen LogP) is 2.00. The molecule has 23 heavy (non-hydrogen) atoms. The molecule has 0 saturated heterocycles. The van der Waals surface area contributed by atoms with Gasteiger partial charge < -0.3 is 19.4 Å². The van der Waals surface area contributed by atoms with Gasteiger partial charge in [-0.25, -0.2) is 9.78 Å². The second kappa shape index (κ2) is 6.12. The number of methoxy groups -OCH3 is 1. The zero-order chi connectivity index (χ0) is 16.4. The maximum absolute atomic E-state index is 11.9. The fourth-order valence-corrected chi connectivity index (χ4v) is 2.76. The van der Waals surface area contributed by atoms with Gasteiger partial charge in [-0.05, 0) is 18.2 Å². The van der Waals surface area contributed by atoms with Crippen molar-refractivity contribution in [2.45, 2.75) is 19.4 Å². The van der Waals surface area contributed by atoms with E-state index in [9.17, 15) is 9.59 Å². The molecule has 1 N–H and O–H groups in total. The highest BCUT2D eigenvalue weighted by Crippen LogP contribution is 2.37. The number of aromatic nitrogens is 2. The van der Waals surface area contributed by atoms with E-state index in [0.29, 0.717) is 24.4 Å². The van der Waals surface area contributed by atoms with Crippen LogP contribution in [0.5, 0.6) is 5.75 Å². The summed E-state index contributed by atoms with van der Waals surface area (Å²) in [5.74, 6) is 0.157. The lowest BCUT2D eigenvalue weighted by Gasteiger charge is -2.28. The molecular weight excluding hydrogens is 298 g/mol. The molecule has 1 aromatic heterocycles. The van der Waals surface area contributed by atoms with Crippen LogP contribution in [0.1, 0.15) is 35.4 Å². The van der Waals surface area contributed by atoms with E-state index in [1.807, 2.05) is 12.1 Å². The van der Waals surface area contributed by atoms with Crippen LogP contribution in [0.25, 0.3) is 0 Å². The van der Waals surface area contributed by atoms with Crippen LogP contribution in [0.4, 0.5) is 5.69 Å². The summed E-state index contributed by atoms with van der Waals surface area (Å²) in [5, 5.41) is 2.76. The molecule has 1 aliphatic rings. The van der Waals surface area contributed by atoms with E-state index >= 15 is 0 Å². The smallest absolute Gasteiger partial charge is 0.356 e. The Bertz CT molecular complexity index is 754. The fourth-order valence-electron chi connectivity index (χ4n) is 2.76. The third kappa shape index (κ3) is 2.90. The lowest BCUT2D eigenvalue weighted by molar-refractivity contribution is -0.114. The number of amides is 1. The van der Waals surface area contributed by atoms with Crippen molar-refractivity contribution in [1.82, 2.24) is 9.55 Å². The van der Waals surface area contributed by atoms with E-state index in [2.05, 4.69) is 10.3 Å². The highest BCUT2D eigenvalue weighted by molar-refractivity contribution is 5.89. The van der Waals surface area contributed by atoms with Gasteiger partial charge in [0, 0.05) is 24.6 Å². The van der Waals surface area contributed by atoms with E-state index in [0.717, 1.165) is 11.3 Å². The standard InChI is InChI=1S/C16H17N3O4/c1-10(20)18-11-3-4-15-12(7-11)13(5-6-23-15)19-9-17-8-14(19)16(21)22-2/h3-4,7-9,13H,5-6H2,1-2H3,(H,18,20). The Morgan fingerprint density at radius 2 is 2.26 bits per heavy atom. The third-order valence-corrected chi connectivity index (χ3v) is 3.73. The van der Waals surface area contributed by atoms with Gasteiger partial charge in [0.05, 0.1) is 32.3 Å². The van der Waals surface area contributed by atoms with Crippen LogP contribution in [0.3, 0.4) is 0 Å². The van der Waals surface area contributed by atoms with Gasteiger partial charge in [0.15, 0.2) is 0 Å². The Balaban J connectivity index is 2.02. The quantitative estimate of drug-likeness (QED) is 0.876. The third-order valence-electron chi connectivity index (χ3n) is 3.73. The van der Waals surface area contributed by atoms with Crippen LogP contribution in [-0.2, 0) is 9.53 Å². The minimum absolute atomic E-state index is 0.107. The van der Waals surface area contributed by atoms with E-state index < -0.39 is 5.97 Å². The summed E-state index contributed by atoms with van der Waals surface area (Å²) in [7, 11) is 1.34. The summed E-state index contributed by atoms with van der Waals surface area (Å²) in [5.41, 5.74) is 1.97. The molecule has 0 fully saturated rings. The van der Waals surface area contributed by atoms with Gasteiger partial charge in [0.1, 0.15) is 11.4 Å². The topological polar surface area (TPSA) is 82.4 Å². The fraction of sp³-hybridized carbons (Fsp3) is 0.312. The average molecular weight is 315 g/mol. The number of hydrogen-bond acceptors (Lipinski definition) is 5. The molecule has 1 unspecified atom stereocenters. The summed E-state index contributed by atoms with van der Waals surface area (Å²) >= 11 is 0. The van der Waals surface area contributed by atoms with Crippen LogP contribution in [0, 0.1) is 0 Å². The van der Waals surface area contributed by atoms with Gasteiger partial charge in [-0.2, -0.15) is 0 Å². The Labute approximate surface area is 133 Å². The van der Waals surface area contributed by atoms with Gasteiger partial charge in [-0.15, -0.1) is 0 Å². The molecule has 0 bridgehead atoms. The highest BCUT2D eigenvalue weighted by atomic mass is 16.5. The molecule has 7 heteroatoms. The Morgan fingerprint density at radius 3 is 3.00 bits per heavy atom. The predicted molar refractivity (Wildman–Crippen MR) is 82.6 cm³/mol. The van der Waals surface area contributed by atoms with Crippen molar-refractivity contribution >= 4 is 17.6 Å². The number of nitrogens with one attached hydrogen (secondary N) is 1. The highest BCUT2D eigenvalue weighted by Gasteiger charge is 2.27. The van der Waals surface area contributed by atoms with Crippen molar-refractivity contribution in [3.05, 3.63) is 42.0 Å². The molecule has 0 spiro atoms. The molecule has 7 nitrogen and oxygen atoms in total. The normalized spacial score (nSPS) is 16.2. The Kier molecular flexibility index (Phi) is 4.01. The second-order valence-electron chi connectivity index (χ2n) is 5.26. The van der Waals surface area contributed by atoms with Crippen LogP contribution in [-0.4, -0.2) is 35.1 Å². The van der Waals surface area contributed by atoms with Crippen molar-refractivity contribution in [3.8, 4) is 5.75 Å². The molecule has 2 aromatic rings. The molecule has 1 aromatic carbocycles. The van der Waals surface area contributed by atoms with Crippen molar-refractivity contribution in [3.63, 3.8) is 0 Å². The minimum atomic E-state index is -0.437. The van der Waals surface area contributed by atoms with Crippen molar-refractivity contribution in [2.24, 2.45) is 0 Å². The molecule has 0 saturated carbocycles. The van der Waals surface area contributed by atoms with Crippen LogP contribution in [0.2, 0.25) is 0 Å². The summed E-state index contributed by atoms with van der Waals surface area (Å²) in [6.45, 7) is 1.99. The van der Waals surface area contributed by atoms with Gasteiger partial charge >= 0.3 is 5.97 Å². The van der Waals surface area contributed by atoms with Crippen LogP contribution in [0.15, 0.2) is 30.7 Å². The summed E-state index contributed by atoms with van der Waals surface area (Å²) < 4.78 is 12.3. The molecule has 2 heterocycles. The molecule has 1 atom stereocenters. The maximum Gasteiger partial charge on any atom is 0.356 e. The van der Waals surface area contributed by atoms with Crippen molar-refractivity contribution < 1.29 is 19.1 Å². The van der Waals surface area contributed by atoms with Gasteiger partial charge in [-0.1, -0.05) is 0 Å². The second-order valence-corrected chi connectivity index (χ2v) is 5.26. The molecule has 3 rings (SSSR count). The zero-order valence-corrected chi connectivity index (χ0v) is 12.9. The Hall–Kier alpha value is -2.83. The lowest BCUT2D eigenvalue weighted by Crippen LogP contribution is -2.23. The number of hydrogen-bond donors (Lipinski definition) is 1. The number of anilines is 1. The number of benzene rings is 1. The summed E-state index contributed by atoms with van der Waals surface area (Å²) in [4.78, 5) is 27.2. The summed E-state index contributed by atoms with van der Waals surface area (Å²) in [6.07, 6.45) is 3.78. The molecular formula is C16H17N3O4. The monoisotopic (exact) mass is 315 g/mol. The molecule has 1 amide bonds.